The zero-order chi connectivity index (χ0) is 16.9. The smallest absolute Gasteiger partial charge is 0.322 e. The quantitative estimate of drug-likeness (QED) is 0.792. The Labute approximate surface area is 137 Å². The van der Waals surface area contributed by atoms with Gasteiger partial charge in [0.15, 0.2) is 0 Å². The monoisotopic (exact) mass is 340 g/mol. The van der Waals surface area contributed by atoms with E-state index in [4.69, 9.17) is 0 Å². The van der Waals surface area contributed by atoms with E-state index < -0.39 is 22.2 Å². The third-order valence-electron chi connectivity index (χ3n) is 4.34. The van der Waals surface area contributed by atoms with Crippen molar-refractivity contribution in [1.29, 1.82) is 0 Å². The van der Waals surface area contributed by atoms with Gasteiger partial charge in [-0.2, -0.15) is 17.4 Å². The topological polar surface area (TPSA) is 86.7 Å². The van der Waals surface area contributed by atoms with Gasteiger partial charge in [-0.25, -0.2) is 0 Å². The normalized spacial score (nSPS) is 18.0. The molecular weight excluding hydrogens is 316 g/mol. The number of hydrogen-bond donors (Lipinski definition) is 2. The Kier molecular flexibility index (Phi) is 6.15. The fraction of sp³-hybridized carbons (Fsp3) is 0.562. The Bertz CT molecular complexity index is 612. The molecule has 1 aliphatic rings. The molecule has 0 unspecified atom stereocenters. The van der Waals surface area contributed by atoms with E-state index in [1.165, 1.54) is 11.4 Å². The van der Waals surface area contributed by atoms with Crippen molar-refractivity contribution in [1.82, 2.24) is 9.03 Å². The highest BCUT2D eigenvalue weighted by atomic mass is 32.2. The molecule has 0 heterocycles. The fourth-order valence-electron chi connectivity index (χ4n) is 2.93. The molecule has 1 aliphatic carbocycles. The number of nitrogens with one attached hydrogen (secondary N) is 1. The minimum absolute atomic E-state index is 0.0487. The first-order valence-electron chi connectivity index (χ1n) is 7.92. The summed E-state index contributed by atoms with van der Waals surface area (Å²) in [6.45, 7) is 0. The van der Waals surface area contributed by atoms with E-state index in [-0.39, 0.29) is 12.5 Å². The van der Waals surface area contributed by atoms with E-state index in [1.54, 1.807) is 24.3 Å². The number of hydrogen-bond acceptors (Lipinski definition) is 3. The summed E-state index contributed by atoms with van der Waals surface area (Å²) in [5.74, 6) is -1.17. The van der Waals surface area contributed by atoms with Gasteiger partial charge in [0.25, 0.3) is 10.2 Å². The van der Waals surface area contributed by atoms with Gasteiger partial charge in [0.1, 0.15) is 6.04 Å². The Morgan fingerprint density at radius 2 is 1.87 bits per heavy atom. The zero-order valence-corrected chi connectivity index (χ0v) is 14.1. The summed E-state index contributed by atoms with van der Waals surface area (Å²) in [5.41, 5.74) is 0.780. The van der Waals surface area contributed by atoms with Gasteiger partial charge in [-0.1, -0.05) is 49.6 Å². The van der Waals surface area contributed by atoms with E-state index in [1.807, 2.05) is 6.07 Å². The lowest BCUT2D eigenvalue weighted by molar-refractivity contribution is -0.138. The molecule has 2 rings (SSSR count). The maximum atomic E-state index is 12.5. The van der Waals surface area contributed by atoms with Crippen molar-refractivity contribution in [3.63, 3.8) is 0 Å². The standard InChI is InChI=1S/C16H24N2O4S/c1-18(14-10-6-3-7-11-14)23(21,22)17-15(16(19)20)12-13-8-4-2-5-9-13/h2,4-5,8-9,14-15,17H,3,6-7,10-12H2,1H3,(H,19,20)/t15-/m1/s1. The van der Waals surface area contributed by atoms with Gasteiger partial charge in [-0.05, 0) is 24.8 Å². The average Bonchev–Trinajstić information content (AvgIpc) is 2.55. The van der Waals surface area contributed by atoms with Crippen LogP contribution in [0.25, 0.3) is 0 Å². The molecule has 0 spiro atoms. The highest BCUT2D eigenvalue weighted by molar-refractivity contribution is 7.87. The number of carbonyl (C=O) groups is 1. The molecule has 6 nitrogen and oxygen atoms in total. The SMILES string of the molecule is CN(C1CCCCC1)S(=O)(=O)N[C@H](Cc1ccccc1)C(=O)O. The lowest BCUT2D eigenvalue weighted by atomic mass is 9.96. The van der Waals surface area contributed by atoms with Gasteiger partial charge in [0, 0.05) is 13.1 Å². The molecule has 0 amide bonds. The van der Waals surface area contributed by atoms with Gasteiger partial charge < -0.3 is 5.11 Å². The lowest BCUT2D eigenvalue weighted by Gasteiger charge is -2.31. The van der Waals surface area contributed by atoms with E-state index in [9.17, 15) is 18.3 Å². The first kappa shape index (κ1) is 17.9. The number of rotatable bonds is 7. The Morgan fingerprint density at radius 1 is 1.26 bits per heavy atom. The van der Waals surface area contributed by atoms with Gasteiger partial charge >= 0.3 is 5.97 Å². The summed E-state index contributed by atoms with van der Waals surface area (Å²) in [4.78, 5) is 11.4. The molecule has 7 heteroatoms. The maximum absolute atomic E-state index is 12.5. The lowest BCUT2D eigenvalue weighted by Crippen LogP contribution is -2.51. The molecule has 1 atom stereocenters. The van der Waals surface area contributed by atoms with E-state index >= 15 is 0 Å². The van der Waals surface area contributed by atoms with Crippen LogP contribution in [0.1, 0.15) is 37.7 Å². The van der Waals surface area contributed by atoms with Crippen LogP contribution in [0, 0.1) is 0 Å². The van der Waals surface area contributed by atoms with Crippen LogP contribution in [-0.2, 0) is 21.4 Å². The van der Waals surface area contributed by atoms with Crippen LogP contribution in [0.2, 0.25) is 0 Å². The summed E-state index contributed by atoms with van der Waals surface area (Å²) in [5, 5.41) is 9.34. The third kappa shape index (κ3) is 5.02. The van der Waals surface area contributed by atoms with Crippen LogP contribution in [0.5, 0.6) is 0 Å². The Morgan fingerprint density at radius 3 is 2.43 bits per heavy atom. The predicted octanol–water partition coefficient (Wildman–Crippen LogP) is 1.78. The summed E-state index contributed by atoms with van der Waals surface area (Å²) in [6.07, 6.45) is 4.92. The Hall–Kier alpha value is -1.44. The number of aliphatic carboxylic acids is 1. The number of carboxylic acid groups (broad SMARTS) is 1. The van der Waals surface area contributed by atoms with Crippen molar-refractivity contribution in [2.24, 2.45) is 0 Å². The minimum Gasteiger partial charge on any atom is -0.480 e. The molecule has 0 saturated heterocycles. The fourth-order valence-corrected chi connectivity index (χ4v) is 4.25. The minimum atomic E-state index is -3.82. The van der Waals surface area contributed by atoms with Gasteiger partial charge in [0.2, 0.25) is 0 Å². The van der Waals surface area contributed by atoms with Gasteiger partial charge in [0.05, 0.1) is 0 Å². The first-order valence-corrected chi connectivity index (χ1v) is 9.36. The molecule has 128 valence electrons. The molecule has 1 aromatic carbocycles. The molecule has 0 radical (unpaired) electrons. The zero-order valence-electron chi connectivity index (χ0n) is 13.3. The highest BCUT2D eigenvalue weighted by Gasteiger charge is 2.31. The molecule has 0 aromatic heterocycles. The largest absolute Gasteiger partial charge is 0.480 e. The summed E-state index contributed by atoms with van der Waals surface area (Å²) >= 11 is 0. The van der Waals surface area contributed by atoms with Crippen LogP contribution in [0.4, 0.5) is 0 Å². The molecular formula is C16H24N2O4S. The van der Waals surface area contributed by atoms with Crippen molar-refractivity contribution in [2.45, 2.75) is 50.6 Å². The average molecular weight is 340 g/mol. The molecule has 0 bridgehead atoms. The van der Waals surface area contributed by atoms with Crippen LogP contribution >= 0.6 is 0 Å². The molecule has 2 N–H and O–H groups in total. The Balaban J connectivity index is 2.06. The van der Waals surface area contributed by atoms with E-state index in [0.717, 1.165) is 37.7 Å². The molecule has 1 fully saturated rings. The van der Waals surface area contributed by atoms with Crippen LogP contribution in [-0.4, -0.2) is 42.9 Å². The third-order valence-corrected chi connectivity index (χ3v) is 5.98. The van der Waals surface area contributed by atoms with Crippen LogP contribution in [0.15, 0.2) is 30.3 Å². The van der Waals surface area contributed by atoms with Gasteiger partial charge in [-0.15, -0.1) is 0 Å². The van der Waals surface area contributed by atoms with Crippen molar-refractivity contribution in [2.75, 3.05) is 7.05 Å². The predicted molar refractivity (Wildman–Crippen MR) is 88.3 cm³/mol. The number of nitrogens with zero attached hydrogens (tertiary/aromatic N) is 1. The van der Waals surface area contributed by atoms with Crippen molar-refractivity contribution < 1.29 is 18.3 Å². The van der Waals surface area contributed by atoms with Crippen molar-refractivity contribution in [3.05, 3.63) is 35.9 Å². The second-order valence-electron chi connectivity index (χ2n) is 6.01. The molecule has 1 aromatic rings. The number of benzene rings is 1. The second kappa shape index (κ2) is 7.90. The van der Waals surface area contributed by atoms with Gasteiger partial charge in [-0.3, -0.25) is 4.79 Å². The first-order chi connectivity index (χ1) is 10.9. The maximum Gasteiger partial charge on any atom is 0.322 e. The van der Waals surface area contributed by atoms with Crippen LogP contribution < -0.4 is 4.72 Å². The molecule has 1 saturated carbocycles. The van der Waals surface area contributed by atoms with E-state index in [2.05, 4.69) is 4.72 Å². The second-order valence-corrected chi connectivity index (χ2v) is 7.77. The van der Waals surface area contributed by atoms with E-state index in [0.29, 0.717) is 0 Å². The van der Waals surface area contributed by atoms with Crippen LogP contribution in [0.3, 0.4) is 0 Å². The van der Waals surface area contributed by atoms with Crippen molar-refractivity contribution >= 4 is 16.2 Å². The number of carboxylic acids is 1. The summed E-state index contributed by atoms with van der Waals surface area (Å²) < 4.78 is 28.6. The molecule has 23 heavy (non-hydrogen) atoms. The summed E-state index contributed by atoms with van der Waals surface area (Å²) in [6, 6.07) is 7.79. The highest BCUT2D eigenvalue weighted by Crippen LogP contribution is 2.23. The molecule has 0 aliphatic heterocycles. The summed E-state index contributed by atoms with van der Waals surface area (Å²) in [7, 11) is -2.29. The van der Waals surface area contributed by atoms with Crippen molar-refractivity contribution in [3.8, 4) is 0 Å².